The maximum Gasteiger partial charge on any atom is 0.249 e. The van der Waals surface area contributed by atoms with Gasteiger partial charge in [0.05, 0.1) is 18.8 Å². The first-order chi connectivity index (χ1) is 23.8. The maximum atomic E-state index is 13.4. The summed E-state index contributed by atoms with van der Waals surface area (Å²) in [5.74, 6) is 1.74. The molecule has 5 nitrogen and oxygen atoms in total. The van der Waals surface area contributed by atoms with E-state index in [9.17, 15) is 4.79 Å². The number of rotatable bonds is 7. The number of anilines is 1. The Morgan fingerprint density at radius 2 is 1.68 bits per heavy atom. The number of ether oxygens (including phenoxy) is 1. The van der Waals surface area contributed by atoms with Crippen molar-refractivity contribution in [2.45, 2.75) is 127 Å². The standard InChI is InChI=1S/C41H55N3O2.2C2H6/c1-26(24-41(6,7)8)40(45)44-21-20-36-32(12-11-13-35(36)30(44)5)22-31-14-17-34(18-15-31)42-38-19-16-33(23-39(38)46-10)37-25-43(9)29(4)27(2)28(37)3;2*1-2/h11-13,16,19,23-25,30-31,34,42H,4,14-15,17-18,20-22H2,1-3,5-10H3;2*1-2H3/b26-24+;;. The molecule has 2 heterocycles. The van der Waals surface area contributed by atoms with Gasteiger partial charge in [-0.15, -0.1) is 0 Å². The predicted molar refractivity (Wildman–Crippen MR) is 216 cm³/mol. The summed E-state index contributed by atoms with van der Waals surface area (Å²) < 4.78 is 5.88. The van der Waals surface area contributed by atoms with Gasteiger partial charge in [0.25, 0.3) is 0 Å². The van der Waals surface area contributed by atoms with Crippen LogP contribution >= 0.6 is 0 Å². The highest BCUT2D eigenvalue weighted by Gasteiger charge is 2.31. The van der Waals surface area contributed by atoms with Crippen molar-refractivity contribution >= 4 is 17.2 Å². The van der Waals surface area contributed by atoms with Gasteiger partial charge in [0.2, 0.25) is 5.91 Å². The Balaban J connectivity index is 0.00000163. The summed E-state index contributed by atoms with van der Waals surface area (Å²) in [6.45, 7) is 27.9. The molecule has 0 aromatic heterocycles. The van der Waals surface area contributed by atoms with Gasteiger partial charge in [-0.1, -0.05) is 85.4 Å². The van der Waals surface area contributed by atoms with Gasteiger partial charge in [0, 0.05) is 42.7 Å². The molecule has 1 unspecified atom stereocenters. The second kappa shape index (κ2) is 18.0. The highest BCUT2D eigenvalue weighted by molar-refractivity contribution is 5.93. The molecule has 1 amide bonds. The summed E-state index contributed by atoms with van der Waals surface area (Å²) in [6, 6.07) is 13.9. The number of hydrogen-bond acceptors (Lipinski definition) is 4. The third-order valence-electron chi connectivity index (χ3n) is 10.5. The lowest BCUT2D eigenvalue weighted by Crippen LogP contribution is -2.40. The monoisotopic (exact) mass is 682 g/mol. The SMILES string of the molecule is C=C1C(C)=C(C)C(c2ccc(NC3CCC(Cc4cccc5c4CCN(C(=O)/C(C)=C/C(C)(C)C)C5C)CC3)c(OC)c2)=CN1C.CC.CC. The molecule has 1 aliphatic carbocycles. The molecular formula is C45H67N3O2. The molecule has 274 valence electrons. The summed E-state index contributed by atoms with van der Waals surface area (Å²) in [7, 11) is 3.82. The van der Waals surface area contributed by atoms with Gasteiger partial charge in [-0.3, -0.25) is 4.79 Å². The van der Waals surface area contributed by atoms with Crippen LogP contribution in [0.4, 0.5) is 5.69 Å². The van der Waals surface area contributed by atoms with Crippen molar-refractivity contribution < 1.29 is 9.53 Å². The molecule has 2 aliphatic heterocycles. The van der Waals surface area contributed by atoms with Crippen LogP contribution < -0.4 is 10.1 Å². The minimum atomic E-state index is -0.00790. The number of amides is 1. The minimum absolute atomic E-state index is 0.00790. The highest BCUT2D eigenvalue weighted by atomic mass is 16.5. The summed E-state index contributed by atoms with van der Waals surface area (Å²) in [5, 5.41) is 3.82. The molecule has 2 aromatic carbocycles. The summed E-state index contributed by atoms with van der Waals surface area (Å²) >= 11 is 0. The van der Waals surface area contributed by atoms with Crippen LogP contribution in [0.5, 0.6) is 5.75 Å². The number of hydrogen-bond donors (Lipinski definition) is 1. The van der Waals surface area contributed by atoms with E-state index in [1.54, 1.807) is 7.11 Å². The Labute approximate surface area is 305 Å². The molecule has 5 rings (SSSR count). The van der Waals surface area contributed by atoms with Gasteiger partial charge in [-0.25, -0.2) is 0 Å². The molecule has 1 N–H and O–H groups in total. The van der Waals surface area contributed by atoms with Gasteiger partial charge >= 0.3 is 0 Å². The van der Waals surface area contributed by atoms with Gasteiger partial charge in [0.15, 0.2) is 0 Å². The van der Waals surface area contributed by atoms with Gasteiger partial charge < -0.3 is 19.9 Å². The number of nitrogens with zero attached hydrogens (tertiary/aromatic N) is 2. The Bertz CT molecular complexity index is 1580. The molecule has 0 bridgehead atoms. The first-order valence-corrected chi connectivity index (χ1v) is 19.1. The fourth-order valence-corrected chi connectivity index (χ4v) is 7.71. The smallest absolute Gasteiger partial charge is 0.249 e. The molecule has 0 radical (unpaired) electrons. The van der Waals surface area contributed by atoms with E-state index in [0.29, 0.717) is 12.0 Å². The van der Waals surface area contributed by atoms with E-state index in [-0.39, 0.29) is 17.4 Å². The molecule has 1 atom stereocenters. The lowest BCUT2D eigenvalue weighted by atomic mass is 9.79. The molecular weight excluding hydrogens is 615 g/mol. The van der Waals surface area contributed by atoms with E-state index in [1.165, 1.54) is 46.3 Å². The van der Waals surface area contributed by atoms with Crippen LogP contribution in [0.25, 0.3) is 5.57 Å². The first kappa shape index (κ1) is 40.7. The van der Waals surface area contributed by atoms with Crippen LogP contribution in [-0.4, -0.2) is 42.5 Å². The Morgan fingerprint density at radius 3 is 2.30 bits per heavy atom. The van der Waals surface area contributed by atoms with Crippen LogP contribution in [0.2, 0.25) is 0 Å². The van der Waals surface area contributed by atoms with Crippen LogP contribution in [0.1, 0.15) is 130 Å². The third-order valence-corrected chi connectivity index (χ3v) is 10.5. The first-order valence-electron chi connectivity index (χ1n) is 19.1. The molecule has 3 aliphatic rings. The van der Waals surface area contributed by atoms with Crippen LogP contribution in [0, 0.1) is 11.3 Å². The normalized spacial score (nSPS) is 20.9. The van der Waals surface area contributed by atoms with Crippen LogP contribution in [0.15, 0.2) is 77.7 Å². The van der Waals surface area contributed by atoms with Gasteiger partial charge in [-0.05, 0) is 123 Å². The van der Waals surface area contributed by atoms with Crippen LogP contribution in [-0.2, 0) is 17.6 Å². The van der Waals surface area contributed by atoms with Crippen molar-refractivity contribution in [3.63, 3.8) is 0 Å². The third kappa shape index (κ3) is 9.53. The minimum Gasteiger partial charge on any atom is -0.495 e. The molecule has 2 aromatic rings. The second-order valence-electron chi connectivity index (χ2n) is 14.9. The number of carbonyl (C=O) groups is 1. The van der Waals surface area contributed by atoms with E-state index >= 15 is 0 Å². The average molecular weight is 682 g/mol. The van der Waals surface area contributed by atoms with Crippen molar-refractivity contribution in [3.8, 4) is 5.75 Å². The van der Waals surface area contributed by atoms with E-state index < -0.39 is 0 Å². The number of likely N-dealkylation sites (N-methyl/N-ethyl adjacent to an activating group) is 1. The molecule has 0 spiro atoms. The number of benzene rings is 2. The van der Waals surface area contributed by atoms with E-state index in [2.05, 4.69) is 119 Å². The Morgan fingerprint density at radius 1 is 1.02 bits per heavy atom. The molecule has 0 saturated heterocycles. The molecule has 1 fully saturated rings. The average Bonchev–Trinajstić information content (AvgIpc) is 3.11. The molecule has 1 saturated carbocycles. The number of allylic oxidation sites excluding steroid dienone is 4. The van der Waals surface area contributed by atoms with Crippen molar-refractivity contribution in [1.82, 2.24) is 9.80 Å². The molecule has 5 heteroatoms. The highest BCUT2D eigenvalue weighted by Crippen LogP contribution is 2.39. The van der Waals surface area contributed by atoms with Gasteiger partial charge in [0.1, 0.15) is 5.75 Å². The van der Waals surface area contributed by atoms with Crippen LogP contribution in [0.3, 0.4) is 0 Å². The second-order valence-corrected chi connectivity index (χ2v) is 14.9. The summed E-state index contributed by atoms with van der Waals surface area (Å²) in [5.41, 5.74) is 12.1. The number of nitrogens with one attached hydrogen (secondary N) is 1. The number of methoxy groups -OCH3 is 1. The fraction of sp³-hybridized carbons (Fsp3) is 0.533. The van der Waals surface area contributed by atoms with E-state index in [4.69, 9.17) is 4.74 Å². The zero-order valence-electron chi connectivity index (χ0n) is 33.7. The topological polar surface area (TPSA) is 44.8 Å². The molecule has 50 heavy (non-hydrogen) atoms. The zero-order chi connectivity index (χ0) is 37.3. The quantitative estimate of drug-likeness (QED) is 0.295. The summed E-state index contributed by atoms with van der Waals surface area (Å²) in [6.07, 6.45) is 11.1. The number of fused-ring (bicyclic) bond motifs is 1. The van der Waals surface area contributed by atoms with E-state index in [0.717, 1.165) is 60.5 Å². The van der Waals surface area contributed by atoms with E-state index in [1.807, 2.05) is 34.6 Å². The lowest BCUT2D eigenvalue weighted by molar-refractivity contribution is -0.129. The maximum absolute atomic E-state index is 13.4. The predicted octanol–water partition coefficient (Wildman–Crippen LogP) is 11.5. The Kier molecular flexibility index (Phi) is 14.6. The van der Waals surface area contributed by atoms with Crippen molar-refractivity contribution in [1.29, 1.82) is 0 Å². The number of carbonyl (C=O) groups excluding carboxylic acids is 1. The Hall–Kier alpha value is -3.73. The lowest BCUT2D eigenvalue weighted by Gasteiger charge is -2.37. The largest absolute Gasteiger partial charge is 0.495 e. The van der Waals surface area contributed by atoms with Crippen molar-refractivity contribution in [2.24, 2.45) is 11.3 Å². The van der Waals surface area contributed by atoms with Crippen molar-refractivity contribution in [3.05, 3.63) is 99.9 Å². The summed E-state index contributed by atoms with van der Waals surface area (Å²) in [4.78, 5) is 17.5. The zero-order valence-corrected chi connectivity index (χ0v) is 33.7. The van der Waals surface area contributed by atoms with Crippen molar-refractivity contribution in [2.75, 3.05) is 26.0 Å². The fourth-order valence-electron chi connectivity index (χ4n) is 7.71. The van der Waals surface area contributed by atoms with Gasteiger partial charge in [-0.2, -0.15) is 0 Å².